The van der Waals surface area contributed by atoms with Crippen LogP contribution in [0, 0.1) is 6.92 Å². The fourth-order valence-electron chi connectivity index (χ4n) is 3.76. The Morgan fingerprint density at radius 2 is 1.96 bits per heavy atom. The van der Waals surface area contributed by atoms with E-state index in [1.807, 2.05) is 19.2 Å². The number of piperidine rings is 1. The lowest BCUT2D eigenvalue weighted by molar-refractivity contribution is -0.121. The first-order valence-corrected chi connectivity index (χ1v) is 9.73. The molecule has 4 nitrogen and oxygen atoms in total. The van der Waals surface area contributed by atoms with Gasteiger partial charge in [0.15, 0.2) is 0 Å². The highest BCUT2D eigenvalue weighted by molar-refractivity contribution is 5.79. The fourth-order valence-corrected chi connectivity index (χ4v) is 3.76. The van der Waals surface area contributed by atoms with Crippen LogP contribution < -0.4 is 10.2 Å². The minimum absolute atomic E-state index is 0.123. The van der Waals surface area contributed by atoms with Crippen molar-refractivity contribution in [3.8, 4) is 0 Å². The molecule has 4 heteroatoms. The van der Waals surface area contributed by atoms with E-state index in [0.29, 0.717) is 6.42 Å². The zero-order valence-electron chi connectivity index (χ0n) is 15.4. The van der Waals surface area contributed by atoms with Crippen LogP contribution in [0.2, 0.25) is 0 Å². The zero-order valence-corrected chi connectivity index (χ0v) is 15.4. The molecule has 1 aromatic carbocycles. The molecule has 2 aliphatic rings. The molecule has 0 unspecified atom stereocenters. The van der Waals surface area contributed by atoms with Crippen LogP contribution >= 0.6 is 0 Å². The van der Waals surface area contributed by atoms with Crippen molar-refractivity contribution in [3.63, 3.8) is 0 Å². The Morgan fingerprint density at radius 3 is 2.65 bits per heavy atom. The van der Waals surface area contributed by atoms with Gasteiger partial charge in [0.05, 0.1) is 18.3 Å². The first kappa shape index (κ1) is 17.1. The Kier molecular flexibility index (Phi) is 4.91. The average Bonchev–Trinajstić information content (AvgIpc) is 3.48. The topological polar surface area (TPSA) is 45.2 Å². The highest BCUT2D eigenvalue weighted by Gasteiger charge is 2.24. The molecule has 136 valence electrons. The lowest BCUT2D eigenvalue weighted by Gasteiger charge is -2.34. The van der Waals surface area contributed by atoms with Crippen LogP contribution in [0.1, 0.15) is 48.4 Å². The maximum Gasteiger partial charge on any atom is 0.224 e. The van der Waals surface area contributed by atoms with E-state index in [0.717, 1.165) is 48.8 Å². The summed E-state index contributed by atoms with van der Waals surface area (Å²) in [6.07, 6.45) is 7.16. The number of nitrogens with one attached hydrogen (secondary N) is 1. The molecule has 4 rings (SSSR count). The molecule has 1 saturated carbocycles. The zero-order chi connectivity index (χ0) is 17.9. The lowest BCUT2D eigenvalue weighted by atomic mass is 10.0. The van der Waals surface area contributed by atoms with Gasteiger partial charge in [-0.2, -0.15) is 0 Å². The third kappa shape index (κ3) is 4.24. The molecule has 0 bridgehead atoms. The van der Waals surface area contributed by atoms with Crippen LogP contribution in [-0.4, -0.2) is 30.0 Å². The van der Waals surface area contributed by atoms with Crippen LogP contribution in [-0.2, 0) is 11.2 Å². The Morgan fingerprint density at radius 1 is 1.15 bits per heavy atom. The number of aryl methyl sites for hydroxylation is 1. The summed E-state index contributed by atoms with van der Waals surface area (Å²) in [5.74, 6) is 0.889. The van der Waals surface area contributed by atoms with Crippen molar-refractivity contribution in [2.45, 2.75) is 51.0 Å². The van der Waals surface area contributed by atoms with E-state index in [-0.39, 0.29) is 11.9 Å². The maximum atomic E-state index is 12.5. The highest BCUT2D eigenvalue weighted by Crippen LogP contribution is 2.39. The molecule has 1 aliphatic heterocycles. The average molecular weight is 349 g/mol. The van der Waals surface area contributed by atoms with E-state index in [2.05, 4.69) is 45.5 Å². The number of carbonyl (C=O) groups is 1. The van der Waals surface area contributed by atoms with Gasteiger partial charge in [-0.15, -0.1) is 0 Å². The van der Waals surface area contributed by atoms with Gasteiger partial charge in [0, 0.05) is 24.8 Å². The summed E-state index contributed by atoms with van der Waals surface area (Å²) < 4.78 is 0. The van der Waals surface area contributed by atoms with Crippen molar-refractivity contribution in [2.24, 2.45) is 0 Å². The number of pyridine rings is 1. The largest absolute Gasteiger partial charge is 0.368 e. The van der Waals surface area contributed by atoms with Crippen LogP contribution in [0.4, 0.5) is 5.69 Å². The van der Waals surface area contributed by atoms with Crippen LogP contribution in [0.5, 0.6) is 0 Å². The number of anilines is 1. The number of nitrogens with zero attached hydrogens (tertiary/aromatic N) is 2. The summed E-state index contributed by atoms with van der Waals surface area (Å²) in [6, 6.07) is 13.0. The molecule has 1 atom stereocenters. The van der Waals surface area contributed by atoms with Gasteiger partial charge in [0.1, 0.15) is 0 Å². The van der Waals surface area contributed by atoms with E-state index in [1.54, 1.807) is 0 Å². The molecule has 1 N–H and O–H groups in total. The second-order valence-electron chi connectivity index (χ2n) is 7.70. The van der Waals surface area contributed by atoms with E-state index >= 15 is 0 Å². The quantitative estimate of drug-likeness (QED) is 0.897. The normalized spacial score (nSPS) is 20.0. The second-order valence-corrected chi connectivity index (χ2v) is 7.70. The van der Waals surface area contributed by atoms with Crippen molar-refractivity contribution < 1.29 is 4.79 Å². The highest BCUT2D eigenvalue weighted by atomic mass is 16.1. The SMILES string of the molecule is Cc1ccc(N2CCC[C@@H](NC(=O)Cc3ccc(C4CC4)cc3)C2)cn1. The van der Waals surface area contributed by atoms with Crippen molar-refractivity contribution in [2.75, 3.05) is 18.0 Å². The first-order valence-electron chi connectivity index (χ1n) is 9.73. The molecule has 1 saturated heterocycles. The Bertz CT molecular complexity index is 750. The molecule has 2 fully saturated rings. The summed E-state index contributed by atoms with van der Waals surface area (Å²) in [7, 11) is 0. The molecule has 1 aromatic heterocycles. The van der Waals surface area contributed by atoms with Crippen molar-refractivity contribution >= 4 is 11.6 Å². The molecule has 1 amide bonds. The number of hydrogen-bond donors (Lipinski definition) is 1. The van der Waals surface area contributed by atoms with E-state index in [4.69, 9.17) is 0 Å². The molecule has 26 heavy (non-hydrogen) atoms. The third-order valence-corrected chi connectivity index (χ3v) is 5.44. The minimum Gasteiger partial charge on any atom is -0.368 e. The van der Waals surface area contributed by atoms with Crippen LogP contribution in [0.25, 0.3) is 0 Å². The standard InChI is InChI=1S/C22H27N3O/c1-16-4-11-21(14-23-16)25-12-2-3-20(15-25)24-22(26)13-17-5-7-18(8-6-17)19-9-10-19/h4-8,11,14,19-20H,2-3,9-10,12-13,15H2,1H3,(H,24,26)/t20-/m1/s1. The van der Waals surface area contributed by atoms with Gasteiger partial charge in [-0.1, -0.05) is 24.3 Å². The summed E-state index contributed by atoms with van der Waals surface area (Å²) in [6.45, 7) is 3.89. The van der Waals surface area contributed by atoms with Gasteiger partial charge >= 0.3 is 0 Å². The number of aromatic nitrogens is 1. The smallest absolute Gasteiger partial charge is 0.224 e. The Hall–Kier alpha value is -2.36. The molecule has 1 aliphatic carbocycles. The second kappa shape index (κ2) is 7.48. The summed E-state index contributed by atoms with van der Waals surface area (Å²) in [5, 5.41) is 3.23. The predicted octanol–water partition coefficient (Wildman–Crippen LogP) is 3.60. The van der Waals surface area contributed by atoms with Crippen molar-refractivity contribution in [1.82, 2.24) is 10.3 Å². The van der Waals surface area contributed by atoms with Gasteiger partial charge in [0.2, 0.25) is 5.91 Å². The van der Waals surface area contributed by atoms with Gasteiger partial charge in [0.25, 0.3) is 0 Å². The number of hydrogen-bond acceptors (Lipinski definition) is 3. The number of amides is 1. The van der Waals surface area contributed by atoms with Crippen molar-refractivity contribution in [1.29, 1.82) is 0 Å². The monoisotopic (exact) mass is 349 g/mol. The van der Waals surface area contributed by atoms with Crippen LogP contribution in [0.3, 0.4) is 0 Å². The number of carbonyl (C=O) groups excluding carboxylic acids is 1. The molecule has 0 radical (unpaired) electrons. The van der Waals surface area contributed by atoms with E-state index in [9.17, 15) is 4.79 Å². The summed E-state index contributed by atoms with van der Waals surface area (Å²) in [5.41, 5.74) is 4.69. The Labute approximate surface area is 155 Å². The maximum absolute atomic E-state index is 12.5. The van der Waals surface area contributed by atoms with Gasteiger partial charge in [-0.3, -0.25) is 9.78 Å². The van der Waals surface area contributed by atoms with E-state index in [1.165, 1.54) is 18.4 Å². The molecular weight excluding hydrogens is 322 g/mol. The minimum atomic E-state index is 0.123. The van der Waals surface area contributed by atoms with Gasteiger partial charge < -0.3 is 10.2 Å². The molecule has 2 heterocycles. The summed E-state index contributed by atoms with van der Waals surface area (Å²) in [4.78, 5) is 19.2. The first-order chi connectivity index (χ1) is 12.7. The number of benzene rings is 1. The lowest BCUT2D eigenvalue weighted by Crippen LogP contribution is -2.48. The van der Waals surface area contributed by atoms with Gasteiger partial charge in [-0.05, 0) is 61.8 Å². The Balaban J connectivity index is 1.31. The summed E-state index contributed by atoms with van der Waals surface area (Å²) >= 11 is 0. The van der Waals surface area contributed by atoms with Crippen LogP contribution in [0.15, 0.2) is 42.6 Å². The number of rotatable bonds is 5. The fraction of sp³-hybridized carbons (Fsp3) is 0.455. The predicted molar refractivity (Wildman–Crippen MR) is 104 cm³/mol. The molecule has 0 spiro atoms. The molecule has 2 aromatic rings. The van der Waals surface area contributed by atoms with Crippen molar-refractivity contribution in [3.05, 3.63) is 59.4 Å². The van der Waals surface area contributed by atoms with Gasteiger partial charge in [-0.25, -0.2) is 0 Å². The third-order valence-electron chi connectivity index (χ3n) is 5.44. The van der Waals surface area contributed by atoms with E-state index < -0.39 is 0 Å². The molecular formula is C22H27N3O.